The molecule has 2 aromatic carbocycles. The first-order chi connectivity index (χ1) is 11.9. The van der Waals surface area contributed by atoms with Gasteiger partial charge in [-0.25, -0.2) is 8.42 Å². The lowest BCUT2D eigenvalue weighted by Gasteiger charge is -2.24. The first-order valence-electron chi connectivity index (χ1n) is 7.46. The monoisotopic (exact) mass is 380 g/mol. The lowest BCUT2D eigenvalue weighted by atomic mass is 10.2. The van der Waals surface area contributed by atoms with Crippen LogP contribution in [0.3, 0.4) is 0 Å². The number of nitrogens with zero attached hydrogens (tertiary/aromatic N) is 2. The van der Waals surface area contributed by atoms with E-state index in [1.54, 1.807) is 13.2 Å². The van der Waals surface area contributed by atoms with Crippen molar-refractivity contribution in [3.05, 3.63) is 64.2 Å². The minimum absolute atomic E-state index is 0.0421. The standard InChI is InChI=1S/C16H16N2O5S2/c1-23-15-5-3-2-4-14(15)16-17(10-11-24-16)25(21,22)13-8-6-12(7-9-13)18(19)20/h2-9,16H,10-11H2,1H3/t16-/m1/s1. The fourth-order valence-corrected chi connectivity index (χ4v) is 5.95. The van der Waals surface area contributed by atoms with Gasteiger partial charge >= 0.3 is 0 Å². The van der Waals surface area contributed by atoms with Crippen LogP contribution in [0.15, 0.2) is 53.4 Å². The Bertz CT molecular complexity index is 884. The molecular weight excluding hydrogens is 364 g/mol. The average Bonchev–Trinajstić information content (AvgIpc) is 3.12. The molecule has 0 unspecified atom stereocenters. The average molecular weight is 380 g/mol. The highest BCUT2D eigenvalue weighted by atomic mass is 32.2. The van der Waals surface area contributed by atoms with Crippen LogP contribution in [0, 0.1) is 10.1 Å². The number of methoxy groups -OCH3 is 1. The summed E-state index contributed by atoms with van der Waals surface area (Å²) in [5, 5.41) is 10.4. The smallest absolute Gasteiger partial charge is 0.269 e. The molecule has 1 aliphatic rings. The Morgan fingerprint density at radius 3 is 2.52 bits per heavy atom. The van der Waals surface area contributed by atoms with Gasteiger partial charge < -0.3 is 4.74 Å². The van der Waals surface area contributed by atoms with Gasteiger partial charge in [-0.15, -0.1) is 11.8 Å². The summed E-state index contributed by atoms with van der Waals surface area (Å²) in [6.45, 7) is 0.368. The van der Waals surface area contributed by atoms with Crippen molar-refractivity contribution in [2.45, 2.75) is 10.3 Å². The lowest BCUT2D eigenvalue weighted by molar-refractivity contribution is -0.384. The van der Waals surface area contributed by atoms with E-state index in [2.05, 4.69) is 0 Å². The second-order valence-corrected chi connectivity index (χ2v) is 8.41. The molecule has 1 atom stereocenters. The molecule has 1 aliphatic heterocycles. The van der Waals surface area contributed by atoms with Gasteiger partial charge in [-0.2, -0.15) is 4.31 Å². The number of thioether (sulfide) groups is 1. The highest BCUT2D eigenvalue weighted by molar-refractivity contribution is 8.01. The zero-order valence-electron chi connectivity index (χ0n) is 13.4. The van der Waals surface area contributed by atoms with Gasteiger partial charge in [0.05, 0.1) is 22.3 Å². The number of ether oxygens (including phenoxy) is 1. The summed E-state index contributed by atoms with van der Waals surface area (Å²) >= 11 is 1.52. The molecule has 0 N–H and O–H groups in total. The van der Waals surface area contributed by atoms with Gasteiger partial charge in [0.25, 0.3) is 5.69 Å². The fourth-order valence-electron chi connectivity index (χ4n) is 2.69. The van der Waals surface area contributed by atoms with Crippen molar-refractivity contribution in [2.24, 2.45) is 0 Å². The fraction of sp³-hybridized carbons (Fsp3) is 0.250. The maximum atomic E-state index is 13.0. The minimum Gasteiger partial charge on any atom is -0.496 e. The number of nitro benzene ring substituents is 1. The maximum absolute atomic E-state index is 13.0. The SMILES string of the molecule is COc1ccccc1[C@H]1SCCN1S(=O)(=O)c1ccc([N+](=O)[O-])cc1. The Morgan fingerprint density at radius 2 is 1.88 bits per heavy atom. The van der Waals surface area contributed by atoms with Crippen LogP contribution in [-0.2, 0) is 10.0 Å². The van der Waals surface area contributed by atoms with Crippen LogP contribution in [0.2, 0.25) is 0 Å². The van der Waals surface area contributed by atoms with Gasteiger partial charge in [0.15, 0.2) is 0 Å². The number of nitro groups is 1. The first-order valence-corrected chi connectivity index (χ1v) is 9.95. The molecule has 0 spiro atoms. The summed E-state index contributed by atoms with van der Waals surface area (Å²) in [4.78, 5) is 10.2. The second-order valence-electron chi connectivity index (χ2n) is 5.33. The van der Waals surface area contributed by atoms with Crippen LogP contribution >= 0.6 is 11.8 Å². The van der Waals surface area contributed by atoms with Crippen LogP contribution in [0.1, 0.15) is 10.9 Å². The third kappa shape index (κ3) is 3.35. The number of rotatable bonds is 5. The summed E-state index contributed by atoms with van der Waals surface area (Å²) in [7, 11) is -2.22. The van der Waals surface area contributed by atoms with Gasteiger partial charge in [-0.3, -0.25) is 10.1 Å². The molecule has 132 valence electrons. The van der Waals surface area contributed by atoms with Crippen molar-refractivity contribution in [1.82, 2.24) is 4.31 Å². The van der Waals surface area contributed by atoms with Gasteiger partial charge in [0.2, 0.25) is 10.0 Å². The summed E-state index contributed by atoms with van der Waals surface area (Å²) in [6, 6.07) is 12.3. The van der Waals surface area contributed by atoms with E-state index in [-0.39, 0.29) is 10.6 Å². The number of para-hydroxylation sites is 1. The Morgan fingerprint density at radius 1 is 1.20 bits per heavy atom. The number of sulfonamides is 1. The maximum Gasteiger partial charge on any atom is 0.269 e. The molecular formula is C16H16N2O5S2. The molecule has 7 nitrogen and oxygen atoms in total. The van der Waals surface area contributed by atoms with E-state index in [0.29, 0.717) is 18.0 Å². The first kappa shape index (κ1) is 17.7. The number of hydrogen-bond donors (Lipinski definition) is 0. The summed E-state index contributed by atoms with van der Waals surface area (Å²) < 4.78 is 32.8. The summed E-state index contributed by atoms with van der Waals surface area (Å²) in [5.41, 5.74) is 0.647. The molecule has 1 saturated heterocycles. The molecule has 9 heteroatoms. The highest BCUT2D eigenvalue weighted by Crippen LogP contribution is 2.44. The number of hydrogen-bond acceptors (Lipinski definition) is 6. The summed E-state index contributed by atoms with van der Waals surface area (Å²) in [5.74, 6) is 1.29. The Balaban J connectivity index is 1.97. The van der Waals surface area contributed by atoms with E-state index < -0.39 is 20.3 Å². The molecule has 0 amide bonds. The normalized spacial score (nSPS) is 18.2. The number of non-ortho nitro benzene ring substituents is 1. The largest absolute Gasteiger partial charge is 0.496 e. The predicted molar refractivity (Wildman–Crippen MR) is 95.2 cm³/mol. The van der Waals surface area contributed by atoms with Gasteiger partial charge in [0, 0.05) is 30.0 Å². The van der Waals surface area contributed by atoms with E-state index in [9.17, 15) is 18.5 Å². The molecule has 1 heterocycles. The highest BCUT2D eigenvalue weighted by Gasteiger charge is 2.38. The minimum atomic E-state index is -3.77. The molecule has 0 bridgehead atoms. The predicted octanol–water partition coefficient (Wildman–Crippen LogP) is 3.04. The van der Waals surface area contributed by atoms with Crippen LogP contribution in [0.5, 0.6) is 5.75 Å². The molecule has 3 rings (SSSR count). The molecule has 0 aliphatic carbocycles. The van der Waals surface area contributed by atoms with Crippen molar-refractivity contribution in [3.63, 3.8) is 0 Å². The zero-order valence-corrected chi connectivity index (χ0v) is 15.0. The Labute approximate surface area is 149 Å². The molecule has 2 aromatic rings. The Kier molecular flexibility index (Phi) is 4.98. The van der Waals surface area contributed by atoms with Crippen molar-refractivity contribution < 1.29 is 18.1 Å². The number of benzene rings is 2. The third-order valence-corrected chi connectivity index (χ3v) is 7.16. The molecule has 25 heavy (non-hydrogen) atoms. The van der Waals surface area contributed by atoms with Crippen molar-refractivity contribution in [3.8, 4) is 5.75 Å². The van der Waals surface area contributed by atoms with E-state index >= 15 is 0 Å². The van der Waals surface area contributed by atoms with Crippen molar-refractivity contribution in [1.29, 1.82) is 0 Å². The molecule has 0 aromatic heterocycles. The van der Waals surface area contributed by atoms with E-state index in [0.717, 1.165) is 5.56 Å². The topological polar surface area (TPSA) is 89.8 Å². The van der Waals surface area contributed by atoms with Crippen LogP contribution in [0.4, 0.5) is 5.69 Å². The lowest BCUT2D eigenvalue weighted by Crippen LogP contribution is -2.30. The van der Waals surface area contributed by atoms with E-state index in [4.69, 9.17) is 4.74 Å². The van der Waals surface area contributed by atoms with Crippen LogP contribution < -0.4 is 4.74 Å². The quantitative estimate of drug-likeness (QED) is 0.585. The third-order valence-electron chi connectivity index (χ3n) is 3.91. The van der Waals surface area contributed by atoms with E-state index in [1.165, 1.54) is 40.3 Å². The molecule has 0 radical (unpaired) electrons. The van der Waals surface area contributed by atoms with Crippen molar-refractivity contribution in [2.75, 3.05) is 19.4 Å². The van der Waals surface area contributed by atoms with Crippen LogP contribution in [0.25, 0.3) is 0 Å². The Hall–Kier alpha value is -2.10. The second kappa shape index (κ2) is 7.03. The van der Waals surface area contributed by atoms with Gasteiger partial charge in [-0.1, -0.05) is 18.2 Å². The van der Waals surface area contributed by atoms with Gasteiger partial charge in [0.1, 0.15) is 5.75 Å². The zero-order chi connectivity index (χ0) is 18.0. The summed E-state index contributed by atoms with van der Waals surface area (Å²) in [6.07, 6.45) is 0. The molecule has 0 saturated carbocycles. The molecule has 1 fully saturated rings. The van der Waals surface area contributed by atoms with E-state index in [1.807, 2.05) is 18.2 Å². The van der Waals surface area contributed by atoms with Crippen LogP contribution in [-0.4, -0.2) is 37.1 Å². The van der Waals surface area contributed by atoms with Crippen molar-refractivity contribution >= 4 is 27.5 Å². The van der Waals surface area contributed by atoms with Gasteiger partial charge in [-0.05, 0) is 18.2 Å².